The first-order chi connectivity index (χ1) is 19.6. The molecule has 1 aliphatic carbocycles. The quantitative estimate of drug-likeness (QED) is 0.233. The number of carbonyl (C=O) groups excluding carboxylic acids is 1. The monoisotopic (exact) mass is 565 g/mol. The number of hydrogen-bond acceptors (Lipinski definition) is 8. The molecule has 1 saturated carbocycles. The number of amides is 1. The molecular weight excluding hydrogens is 539 g/mol. The van der Waals surface area contributed by atoms with Gasteiger partial charge in [-0.25, -0.2) is 9.98 Å². The molecule has 1 aliphatic heterocycles. The Morgan fingerprint density at radius 3 is 2.59 bits per heavy atom. The SMILES string of the molecule is N=C(O/C(N)=N/[C@H]1N=C(c2ccccc2)c2ccccc2NC1=O)c1ncc(C(F)(F)F)cc1N[C@H]1CCC[C@H]1O. The summed E-state index contributed by atoms with van der Waals surface area (Å²) >= 11 is 0. The van der Waals surface area contributed by atoms with Gasteiger partial charge < -0.3 is 26.2 Å². The van der Waals surface area contributed by atoms with Crippen molar-refractivity contribution in [3.63, 3.8) is 0 Å². The van der Waals surface area contributed by atoms with Crippen molar-refractivity contribution in [3.8, 4) is 0 Å². The Kier molecular flexibility index (Phi) is 7.70. The Morgan fingerprint density at radius 1 is 1.15 bits per heavy atom. The van der Waals surface area contributed by atoms with Crippen LogP contribution in [0, 0.1) is 5.41 Å². The normalized spacial score (nSPS) is 20.9. The van der Waals surface area contributed by atoms with Crippen LogP contribution in [-0.4, -0.2) is 51.9 Å². The van der Waals surface area contributed by atoms with Gasteiger partial charge in [-0.3, -0.25) is 10.2 Å². The zero-order valence-corrected chi connectivity index (χ0v) is 21.5. The maximum atomic E-state index is 13.4. The molecule has 3 aromatic rings. The van der Waals surface area contributed by atoms with Gasteiger partial charge in [-0.15, -0.1) is 0 Å². The standard InChI is InChI=1S/C28H26F3N7O3/c29-28(30,31)16-13-20(35-19-11-6-12-21(19)39)23(34-14-16)24(32)41-27(33)38-25-26(40)36-18-10-5-4-9-17(18)22(37-25)15-7-2-1-3-8-15/h1-5,7-10,13-14,19,21,25,32,35,39H,6,11-12H2,(H2,33,38)(H,36,40)/t19-,21+,25+/m0/s1. The predicted molar refractivity (Wildman–Crippen MR) is 147 cm³/mol. The molecule has 0 spiro atoms. The maximum Gasteiger partial charge on any atom is 0.417 e. The molecule has 3 atom stereocenters. The molecule has 0 bridgehead atoms. The van der Waals surface area contributed by atoms with Gasteiger partial charge in [-0.05, 0) is 31.4 Å². The number of hydrogen-bond donors (Lipinski definition) is 5. The Morgan fingerprint density at radius 2 is 1.88 bits per heavy atom. The first-order valence-electron chi connectivity index (χ1n) is 12.8. The van der Waals surface area contributed by atoms with Crippen molar-refractivity contribution in [1.82, 2.24) is 4.98 Å². The number of nitrogens with two attached hydrogens (primary N) is 1. The number of halogens is 3. The number of nitrogens with zero attached hydrogens (tertiary/aromatic N) is 3. The summed E-state index contributed by atoms with van der Waals surface area (Å²) in [5, 5.41) is 24.2. The smallest absolute Gasteiger partial charge is 0.405 e. The molecule has 0 unspecified atom stereocenters. The molecular formula is C28H26F3N7O3. The number of benzodiazepines with no additional fused rings is 1. The minimum atomic E-state index is -4.68. The average Bonchev–Trinajstić information content (AvgIpc) is 3.28. The number of aliphatic hydroxyl groups is 1. The summed E-state index contributed by atoms with van der Waals surface area (Å²) in [4.78, 5) is 25.4. The number of rotatable bonds is 5. The van der Waals surface area contributed by atoms with Gasteiger partial charge in [0.2, 0.25) is 12.1 Å². The fraction of sp³-hybridized carbons (Fsp3) is 0.250. The minimum absolute atomic E-state index is 0.157. The number of benzene rings is 2. The Bertz CT molecular complexity index is 1530. The third kappa shape index (κ3) is 6.19. The minimum Gasteiger partial charge on any atom is -0.405 e. The second-order valence-corrected chi connectivity index (χ2v) is 9.52. The van der Waals surface area contributed by atoms with E-state index in [1.807, 2.05) is 30.3 Å². The van der Waals surface area contributed by atoms with Crippen LogP contribution in [0.2, 0.25) is 0 Å². The van der Waals surface area contributed by atoms with Crippen LogP contribution in [0.4, 0.5) is 24.5 Å². The summed E-state index contributed by atoms with van der Waals surface area (Å²) in [6.45, 7) is 0. The van der Waals surface area contributed by atoms with E-state index in [4.69, 9.17) is 15.9 Å². The van der Waals surface area contributed by atoms with Crippen molar-refractivity contribution in [2.45, 2.75) is 43.8 Å². The number of para-hydroxylation sites is 1. The van der Waals surface area contributed by atoms with Crippen molar-refractivity contribution < 1.29 is 27.8 Å². The second-order valence-electron chi connectivity index (χ2n) is 9.52. The number of amidine groups is 1. The Labute approximate surface area is 232 Å². The highest BCUT2D eigenvalue weighted by Crippen LogP contribution is 2.33. The summed E-state index contributed by atoms with van der Waals surface area (Å²) in [5.41, 5.74) is 6.86. The van der Waals surface area contributed by atoms with Crippen LogP contribution in [0.25, 0.3) is 0 Å². The van der Waals surface area contributed by atoms with Crippen molar-refractivity contribution >= 4 is 34.9 Å². The fourth-order valence-electron chi connectivity index (χ4n) is 4.68. The van der Waals surface area contributed by atoms with Gasteiger partial charge in [0, 0.05) is 17.3 Å². The number of anilines is 2. The number of carbonyl (C=O) groups is 1. The van der Waals surface area contributed by atoms with Crippen molar-refractivity contribution in [2.24, 2.45) is 15.7 Å². The molecule has 1 amide bonds. The van der Waals surface area contributed by atoms with Crippen LogP contribution in [0.5, 0.6) is 0 Å². The van der Waals surface area contributed by atoms with Crippen LogP contribution >= 0.6 is 0 Å². The van der Waals surface area contributed by atoms with Crippen molar-refractivity contribution in [1.29, 1.82) is 5.41 Å². The van der Waals surface area contributed by atoms with E-state index < -0.39 is 47.9 Å². The molecule has 2 aromatic carbocycles. The lowest BCUT2D eigenvalue weighted by Crippen LogP contribution is -2.31. The molecule has 6 N–H and O–H groups in total. The van der Waals surface area contributed by atoms with Crippen molar-refractivity contribution in [3.05, 3.63) is 89.2 Å². The summed E-state index contributed by atoms with van der Waals surface area (Å²) in [5.74, 6) is -1.31. The van der Waals surface area contributed by atoms with Gasteiger partial charge in [0.1, 0.15) is 5.69 Å². The number of ether oxygens (including phenoxy) is 1. The van der Waals surface area contributed by atoms with Gasteiger partial charge in [-0.2, -0.15) is 18.2 Å². The molecule has 41 heavy (non-hydrogen) atoms. The van der Waals surface area contributed by atoms with Gasteiger partial charge in [0.05, 0.1) is 34.8 Å². The molecule has 1 fully saturated rings. The molecule has 0 radical (unpaired) electrons. The maximum absolute atomic E-state index is 13.4. The molecule has 2 aliphatic rings. The first-order valence-corrected chi connectivity index (χ1v) is 12.8. The van der Waals surface area contributed by atoms with E-state index in [1.165, 1.54) is 0 Å². The third-order valence-corrected chi connectivity index (χ3v) is 6.68. The lowest BCUT2D eigenvalue weighted by Gasteiger charge is -2.21. The average molecular weight is 566 g/mol. The predicted octanol–water partition coefficient (Wildman–Crippen LogP) is 3.90. The number of pyridine rings is 1. The van der Waals surface area contributed by atoms with E-state index in [0.29, 0.717) is 42.4 Å². The molecule has 13 heteroatoms. The van der Waals surface area contributed by atoms with Crippen LogP contribution < -0.4 is 16.4 Å². The number of fused-ring (bicyclic) bond motifs is 1. The van der Waals surface area contributed by atoms with Crippen molar-refractivity contribution in [2.75, 3.05) is 10.6 Å². The van der Waals surface area contributed by atoms with Gasteiger partial charge in [0.25, 0.3) is 11.9 Å². The molecule has 1 aromatic heterocycles. The Balaban J connectivity index is 1.44. The topological polar surface area (TPSA) is 158 Å². The van der Waals surface area contributed by atoms with Crippen LogP contribution in [-0.2, 0) is 15.7 Å². The lowest BCUT2D eigenvalue weighted by molar-refractivity contribution is -0.137. The molecule has 2 heterocycles. The zero-order valence-electron chi connectivity index (χ0n) is 21.5. The van der Waals surface area contributed by atoms with E-state index in [0.717, 1.165) is 11.6 Å². The first kappa shape index (κ1) is 27.8. The van der Waals surface area contributed by atoms with Gasteiger partial charge in [-0.1, -0.05) is 48.5 Å². The van der Waals surface area contributed by atoms with E-state index in [1.54, 1.807) is 24.3 Å². The number of aliphatic imine (C=N–C) groups is 2. The number of alkyl halides is 3. The van der Waals surface area contributed by atoms with E-state index in [-0.39, 0.29) is 11.4 Å². The number of nitrogens with one attached hydrogen (secondary N) is 3. The molecule has 0 saturated heterocycles. The summed E-state index contributed by atoms with van der Waals surface area (Å²) in [6, 6.07) is 15.9. The van der Waals surface area contributed by atoms with Gasteiger partial charge >= 0.3 is 6.18 Å². The van der Waals surface area contributed by atoms with Crippen LogP contribution in [0.15, 0.2) is 76.8 Å². The number of aliphatic hydroxyl groups excluding tert-OH is 1. The molecule has 5 rings (SSSR count). The third-order valence-electron chi connectivity index (χ3n) is 6.68. The summed E-state index contributed by atoms with van der Waals surface area (Å²) < 4.78 is 45.5. The fourth-order valence-corrected chi connectivity index (χ4v) is 4.68. The highest BCUT2D eigenvalue weighted by Gasteiger charge is 2.34. The lowest BCUT2D eigenvalue weighted by atomic mass is 10.0. The zero-order chi connectivity index (χ0) is 29.1. The summed E-state index contributed by atoms with van der Waals surface area (Å²) in [7, 11) is 0. The molecule has 10 nitrogen and oxygen atoms in total. The highest BCUT2D eigenvalue weighted by atomic mass is 19.4. The van der Waals surface area contributed by atoms with E-state index >= 15 is 0 Å². The Hall–Kier alpha value is -4.78. The van der Waals surface area contributed by atoms with Gasteiger partial charge in [0.15, 0.2) is 0 Å². The van der Waals surface area contributed by atoms with E-state index in [2.05, 4.69) is 25.6 Å². The summed E-state index contributed by atoms with van der Waals surface area (Å²) in [6.07, 6.45) is -4.57. The number of aromatic nitrogens is 1. The largest absolute Gasteiger partial charge is 0.417 e. The van der Waals surface area contributed by atoms with Crippen LogP contribution in [0.3, 0.4) is 0 Å². The van der Waals surface area contributed by atoms with E-state index in [9.17, 15) is 23.1 Å². The second kappa shape index (κ2) is 11.4. The molecule has 212 valence electrons. The highest BCUT2D eigenvalue weighted by molar-refractivity contribution is 6.19. The van der Waals surface area contributed by atoms with Crippen LogP contribution in [0.1, 0.15) is 41.6 Å².